The molecule has 132 valence electrons. The van der Waals surface area contributed by atoms with Gasteiger partial charge in [-0.05, 0) is 37.0 Å². The molecule has 0 radical (unpaired) electrons. The number of carbonyl (C=O) groups is 1. The van der Waals surface area contributed by atoms with Crippen LogP contribution in [0.2, 0.25) is 5.02 Å². The van der Waals surface area contributed by atoms with Gasteiger partial charge < -0.3 is 16.2 Å². The second kappa shape index (κ2) is 6.00. The predicted molar refractivity (Wildman–Crippen MR) is 92.6 cm³/mol. The Morgan fingerprint density at radius 3 is 3.04 bits per heavy atom. The van der Waals surface area contributed by atoms with Gasteiger partial charge in [0.05, 0.1) is 28.4 Å². The standard InChI is InChI=1S/C17H18ClFN4O2/c18-13-6-8(19)5-12-10(3-4-21-15(12)13)17(25)23-16(20)11-2-1-9(24)7-14(11)22-23/h5-6,9-10,21,24H,1-4,7,20H2/t9-,10?/m1/s1. The Morgan fingerprint density at radius 2 is 2.24 bits per heavy atom. The number of nitrogens with one attached hydrogen (secondary N) is 1. The molecule has 2 heterocycles. The van der Waals surface area contributed by atoms with Crippen LogP contribution in [0.25, 0.3) is 0 Å². The zero-order valence-corrected chi connectivity index (χ0v) is 14.2. The van der Waals surface area contributed by atoms with E-state index < -0.39 is 17.8 Å². The van der Waals surface area contributed by atoms with Crippen molar-refractivity contribution in [1.82, 2.24) is 9.78 Å². The zero-order valence-electron chi connectivity index (χ0n) is 13.4. The Bertz CT molecular complexity index is 867. The lowest BCUT2D eigenvalue weighted by Gasteiger charge is -2.26. The van der Waals surface area contributed by atoms with Crippen molar-refractivity contribution in [3.63, 3.8) is 0 Å². The minimum atomic E-state index is -0.571. The number of aliphatic hydroxyl groups is 1. The zero-order chi connectivity index (χ0) is 17.7. The van der Waals surface area contributed by atoms with Gasteiger partial charge in [-0.25, -0.2) is 4.39 Å². The first kappa shape index (κ1) is 16.4. The number of aromatic nitrogens is 2. The third kappa shape index (κ3) is 2.67. The first-order valence-corrected chi connectivity index (χ1v) is 8.65. The molecule has 2 aliphatic rings. The Labute approximate surface area is 148 Å². The van der Waals surface area contributed by atoms with E-state index in [-0.39, 0.29) is 10.9 Å². The topological polar surface area (TPSA) is 93.2 Å². The van der Waals surface area contributed by atoms with E-state index in [1.54, 1.807) is 0 Å². The second-order valence-electron chi connectivity index (χ2n) is 6.58. The summed E-state index contributed by atoms with van der Waals surface area (Å²) in [6.07, 6.45) is 1.63. The third-order valence-electron chi connectivity index (χ3n) is 4.97. The van der Waals surface area contributed by atoms with Gasteiger partial charge in [-0.3, -0.25) is 4.79 Å². The molecule has 0 spiro atoms. The first-order valence-electron chi connectivity index (χ1n) is 8.27. The summed E-state index contributed by atoms with van der Waals surface area (Å²) in [5.41, 5.74) is 8.73. The minimum Gasteiger partial charge on any atom is -0.393 e. The number of nitrogens with zero attached hydrogens (tertiary/aromatic N) is 2. The molecular formula is C17H18ClFN4O2. The van der Waals surface area contributed by atoms with Crippen LogP contribution in [-0.2, 0) is 12.8 Å². The van der Waals surface area contributed by atoms with Crippen molar-refractivity contribution in [3.8, 4) is 0 Å². The fourth-order valence-corrected chi connectivity index (χ4v) is 3.99. The number of carbonyl (C=O) groups excluding carboxylic acids is 1. The summed E-state index contributed by atoms with van der Waals surface area (Å²) in [7, 11) is 0. The van der Waals surface area contributed by atoms with Crippen LogP contribution >= 0.6 is 11.6 Å². The Kier molecular flexibility index (Phi) is 3.92. The van der Waals surface area contributed by atoms with Gasteiger partial charge in [-0.15, -0.1) is 0 Å². The molecule has 1 aliphatic heterocycles. The van der Waals surface area contributed by atoms with E-state index in [4.69, 9.17) is 17.3 Å². The van der Waals surface area contributed by atoms with Gasteiger partial charge in [-0.2, -0.15) is 9.78 Å². The molecule has 6 nitrogen and oxygen atoms in total. The highest BCUT2D eigenvalue weighted by Gasteiger charge is 2.33. The summed E-state index contributed by atoms with van der Waals surface area (Å²) in [5.74, 6) is -1.04. The van der Waals surface area contributed by atoms with E-state index in [0.717, 1.165) is 5.56 Å². The lowest BCUT2D eigenvalue weighted by molar-refractivity contribution is 0.0858. The van der Waals surface area contributed by atoms with Crippen LogP contribution in [0, 0.1) is 5.82 Å². The van der Waals surface area contributed by atoms with E-state index in [1.807, 2.05) is 0 Å². The van der Waals surface area contributed by atoms with Crippen LogP contribution in [0.3, 0.4) is 0 Å². The highest BCUT2D eigenvalue weighted by atomic mass is 35.5. The van der Waals surface area contributed by atoms with Crippen LogP contribution in [0.15, 0.2) is 12.1 Å². The van der Waals surface area contributed by atoms with E-state index >= 15 is 0 Å². The predicted octanol–water partition coefficient (Wildman–Crippen LogP) is 2.35. The molecule has 1 aliphatic carbocycles. The monoisotopic (exact) mass is 364 g/mol. The minimum absolute atomic E-state index is 0.253. The van der Waals surface area contributed by atoms with E-state index in [1.165, 1.54) is 16.8 Å². The Balaban J connectivity index is 1.74. The summed E-state index contributed by atoms with van der Waals surface area (Å²) >= 11 is 6.10. The number of hydrogen-bond acceptors (Lipinski definition) is 5. The van der Waals surface area contributed by atoms with Gasteiger partial charge in [0.2, 0.25) is 0 Å². The number of nitrogen functional groups attached to an aromatic ring is 1. The van der Waals surface area contributed by atoms with Crippen LogP contribution in [0.1, 0.15) is 40.4 Å². The summed E-state index contributed by atoms with van der Waals surface area (Å²) in [4.78, 5) is 13.1. The van der Waals surface area contributed by atoms with Crippen LogP contribution in [0.4, 0.5) is 15.9 Å². The largest absolute Gasteiger partial charge is 0.393 e. The van der Waals surface area contributed by atoms with E-state index in [9.17, 15) is 14.3 Å². The normalized spacial score (nSPS) is 22.0. The van der Waals surface area contributed by atoms with Crippen molar-refractivity contribution in [2.24, 2.45) is 0 Å². The molecule has 4 rings (SSSR count). The second-order valence-corrected chi connectivity index (χ2v) is 6.98. The van der Waals surface area contributed by atoms with Crippen LogP contribution in [0.5, 0.6) is 0 Å². The molecule has 0 saturated carbocycles. The maximum Gasteiger partial charge on any atom is 0.256 e. The number of rotatable bonds is 1. The molecule has 0 fully saturated rings. The van der Waals surface area contributed by atoms with E-state index in [0.29, 0.717) is 55.0 Å². The van der Waals surface area contributed by atoms with Crippen molar-refractivity contribution in [2.75, 3.05) is 17.6 Å². The van der Waals surface area contributed by atoms with Crippen LogP contribution in [-0.4, -0.2) is 33.4 Å². The molecule has 0 bridgehead atoms. The number of anilines is 2. The van der Waals surface area contributed by atoms with Gasteiger partial charge in [0.15, 0.2) is 0 Å². The number of hydrogen-bond donors (Lipinski definition) is 3. The Morgan fingerprint density at radius 1 is 1.44 bits per heavy atom. The van der Waals surface area contributed by atoms with Crippen LogP contribution < -0.4 is 11.1 Å². The molecule has 0 amide bonds. The molecule has 1 aromatic heterocycles. The van der Waals surface area contributed by atoms with Crippen molar-refractivity contribution in [1.29, 1.82) is 0 Å². The molecular weight excluding hydrogens is 347 g/mol. The molecule has 8 heteroatoms. The van der Waals surface area contributed by atoms with Gasteiger partial charge in [0.25, 0.3) is 5.91 Å². The summed E-state index contributed by atoms with van der Waals surface area (Å²) in [6.45, 7) is 0.550. The SMILES string of the molecule is Nc1c2c(nn1C(=O)C1CCNc3c(Cl)cc(F)cc31)C[C@H](O)CC2. The molecule has 1 aromatic carbocycles. The quantitative estimate of drug-likeness (QED) is 0.722. The molecule has 2 aromatic rings. The van der Waals surface area contributed by atoms with Gasteiger partial charge in [0, 0.05) is 18.5 Å². The summed E-state index contributed by atoms with van der Waals surface area (Å²) in [6, 6.07) is 2.56. The first-order chi connectivity index (χ1) is 12.0. The van der Waals surface area contributed by atoms with Gasteiger partial charge in [0.1, 0.15) is 11.6 Å². The smallest absolute Gasteiger partial charge is 0.256 e. The van der Waals surface area contributed by atoms with E-state index in [2.05, 4.69) is 10.4 Å². The number of halogens is 2. The lowest BCUT2D eigenvalue weighted by atomic mass is 9.90. The lowest BCUT2D eigenvalue weighted by Crippen LogP contribution is -2.28. The maximum atomic E-state index is 13.8. The Hall–Kier alpha value is -2.12. The van der Waals surface area contributed by atoms with Crippen molar-refractivity contribution < 1.29 is 14.3 Å². The average Bonchev–Trinajstić information content (AvgIpc) is 2.89. The summed E-state index contributed by atoms with van der Waals surface area (Å²) < 4.78 is 15.0. The van der Waals surface area contributed by atoms with Crippen molar-refractivity contribution in [2.45, 2.75) is 37.7 Å². The fraction of sp³-hybridized carbons (Fsp3) is 0.412. The average molecular weight is 365 g/mol. The highest BCUT2D eigenvalue weighted by molar-refractivity contribution is 6.33. The highest BCUT2D eigenvalue weighted by Crippen LogP contribution is 2.39. The van der Waals surface area contributed by atoms with Crippen molar-refractivity contribution in [3.05, 3.63) is 39.8 Å². The summed E-state index contributed by atoms with van der Waals surface area (Å²) in [5, 5.41) is 17.5. The number of fused-ring (bicyclic) bond motifs is 2. The number of aliphatic hydroxyl groups excluding tert-OH is 1. The fourth-order valence-electron chi connectivity index (χ4n) is 3.71. The molecule has 1 unspecified atom stereocenters. The molecule has 2 atom stereocenters. The maximum absolute atomic E-state index is 13.8. The number of benzene rings is 1. The molecule has 0 saturated heterocycles. The number of nitrogens with two attached hydrogens (primary N) is 1. The third-order valence-corrected chi connectivity index (χ3v) is 5.26. The van der Waals surface area contributed by atoms with Gasteiger partial charge >= 0.3 is 0 Å². The van der Waals surface area contributed by atoms with Crippen molar-refractivity contribution >= 4 is 29.0 Å². The molecule has 4 N–H and O–H groups in total. The van der Waals surface area contributed by atoms with Gasteiger partial charge in [-0.1, -0.05) is 11.6 Å². The molecule has 25 heavy (non-hydrogen) atoms.